The first-order valence-electron chi connectivity index (χ1n) is 8.18. The first-order valence-corrected chi connectivity index (χ1v) is 9.06. The molecule has 7 nitrogen and oxygen atoms in total. The van der Waals surface area contributed by atoms with E-state index in [9.17, 15) is 0 Å². The summed E-state index contributed by atoms with van der Waals surface area (Å²) in [5, 5.41) is 10.9. The number of thiazole rings is 1. The zero-order valence-corrected chi connectivity index (χ0v) is 18.0. The zero-order chi connectivity index (χ0) is 16.9. The van der Waals surface area contributed by atoms with Crippen molar-refractivity contribution in [2.45, 2.75) is 26.0 Å². The van der Waals surface area contributed by atoms with Crippen LogP contribution in [0.3, 0.4) is 0 Å². The number of nitrogens with zero attached hydrogens (tertiary/aromatic N) is 5. The number of ether oxygens (including phenoxy) is 1. The van der Waals surface area contributed by atoms with Crippen molar-refractivity contribution >= 4 is 41.3 Å². The van der Waals surface area contributed by atoms with Crippen LogP contribution in [0.15, 0.2) is 22.8 Å². The summed E-state index contributed by atoms with van der Waals surface area (Å²) in [6, 6.07) is 0. The van der Waals surface area contributed by atoms with Gasteiger partial charge in [-0.05, 0) is 6.42 Å². The highest BCUT2D eigenvalue weighted by atomic mass is 127. The van der Waals surface area contributed by atoms with Crippen molar-refractivity contribution in [3.63, 3.8) is 0 Å². The largest absolute Gasteiger partial charge is 0.370 e. The third-order valence-corrected chi connectivity index (χ3v) is 5.05. The fourth-order valence-electron chi connectivity index (χ4n) is 2.74. The molecule has 138 valence electrons. The van der Waals surface area contributed by atoms with Crippen LogP contribution >= 0.6 is 35.3 Å². The van der Waals surface area contributed by atoms with Crippen LogP contribution < -0.4 is 5.32 Å². The number of aromatic nitrogens is 3. The van der Waals surface area contributed by atoms with Gasteiger partial charge < -0.3 is 15.0 Å². The summed E-state index contributed by atoms with van der Waals surface area (Å²) in [5.41, 5.74) is 2.17. The Balaban J connectivity index is 0.00000225. The minimum Gasteiger partial charge on any atom is -0.370 e. The molecular formula is C16H25IN6OS. The molecule has 1 atom stereocenters. The molecule has 0 spiro atoms. The Labute approximate surface area is 169 Å². The monoisotopic (exact) mass is 476 g/mol. The minimum atomic E-state index is 0. The highest BCUT2D eigenvalue weighted by Crippen LogP contribution is 2.21. The van der Waals surface area contributed by atoms with Crippen LogP contribution in [0.5, 0.6) is 0 Å². The van der Waals surface area contributed by atoms with Gasteiger partial charge in [0, 0.05) is 37.8 Å². The van der Waals surface area contributed by atoms with E-state index in [-0.39, 0.29) is 30.1 Å². The SMILES string of the molecule is CCc1nc(CNC(=NC)N2CCOC(c3cnn(C)c3)C2)cs1.I. The fourth-order valence-corrected chi connectivity index (χ4v) is 3.49. The molecule has 1 N–H and O–H groups in total. The number of guanidine groups is 1. The van der Waals surface area contributed by atoms with Crippen LogP contribution in [0, 0.1) is 0 Å². The van der Waals surface area contributed by atoms with Crippen molar-refractivity contribution in [3.8, 4) is 0 Å². The highest BCUT2D eigenvalue weighted by molar-refractivity contribution is 14.0. The van der Waals surface area contributed by atoms with Gasteiger partial charge in [0.25, 0.3) is 0 Å². The van der Waals surface area contributed by atoms with Crippen LogP contribution in [0.25, 0.3) is 0 Å². The van der Waals surface area contributed by atoms with Gasteiger partial charge in [0.15, 0.2) is 5.96 Å². The summed E-state index contributed by atoms with van der Waals surface area (Å²) < 4.78 is 7.70. The Hall–Kier alpha value is -1.20. The Morgan fingerprint density at radius 1 is 1.52 bits per heavy atom. The molecule has 1 fully saturated rings. The number of aryl methyl sites for hydroxylation is 2. The van der Waals surface area contributed by atoms with Crippen molar-refractivity contribution in [2.24, 2.45) is 12.0 Å². The first-order chi connectivity index (χ1) is 11.7. The van der Waals surface area contributed by atoms with Crippen molar-refractivity contribution in [3.05, 3.63) is 34.0 Å². The molecule has 3 heterocycles. The van der Waals surface area contributed by atoms with Crippen molar-refractivity contribution in [1.82, 2.24) is 25.0 Å². The van der Waals surface area contributed by atoms with Crippen LogP contribution in [0.4, 0.5) is 0 Å². The lowest BCUT2D eigenvalue weighted by Crippen LogP contribution is -2.47. The van der Waals surface area contributed by atoms with Gasteiger partial charge in [-0.25, -0.2) is 4.98 Å². The molecule has 0 aromatic carbocycles. The van der Waals surface area contributed by atoms with Gasteiger partial charge in [0.1, 0.15) is 6.10 Å². The molecular weight excluding hydrogens is 451 g/mol. The molecule has 0 saturated carbocycles. The standard InChI is InChI=1S/C16H24N6OS.HI/c1-4-15-20-13(11-24-15)8-18-16(17-2)22-5-6-23-14(10-22)12-7-19-21(3)9-12;/h7,9,11,14H,4-6,8,10H2,1-3H3,(H,17,18);1H. The molecule has 1 unspecified atom stereocenters. The Kier molecular flexibility index (Phi) is 7.63. The number of hydrogen-bond acceptors (Lipinski definition) is 5. The normalized spacial score (nSPS) is 18.1. The van der Waals surface area contributed by atoms with E-state index in [1.165, 1.54) is 5.01 Å². The van der Waals surface area contributed by atoms with Gasteiger partial charge in [0.05, 0.1) is 36.6 Å². The number of aliphatic imine (C=N–C) groups is 1. The predicted molar refractivity (Wildman–Crippen MR) is 111 cm³/mol. The van der Waals surface area contributed by atoms with Gasteiger partial charge in [0.2, 0.25) is 0 Å². The lowest BCUT2D eigenvalue weighted by Gasteiger charge is -2.34. The molecule has 1 saturated heterocycles. The average Bonchev–Trinajstić information content (AvgIpc) is 3.24. The molecule has 0 radical (unpaired) electrons. The summed E-state index contributed by atoms with van der Waals surface area (Å²) in [6.07, 6.45) is 4.88. The van der Waals surface area contributed by atoms with E-state index in [0.717, 1.165) is 36.7 Å². The number of halogens is 1. The average molecular weight is 476 g/mol. The molecule has 9 heteroatoms. The van der Waals surface area contributed by atoms with Gasteiger partial charge in [-0.3, -0.25) is 9.67 Å². The topological polar surface area (TPSA) is 67.6 Å². The van der Waals surface area contributed by atoms with Crippen molar-refractivity contribution < 1.29 is 4.74 Å². The summed E-state index contributed by atoms with van der Waals surface area (Å²) in [4.78, 5) is 11.2. The Morgan fingerprint density at radius 2 is 2.36 bits per heavy atom. The maximum absolute atomic E-state index is 5.89. The maximum Gasteiger partial charge on any atom is 0.194 e. The summed E-state index contributed by atoms with van der Waals surface area (Å²) in [7, 11) is 3.73. The van der Waals surface area contributed by atoms with Gasteiger partial charge >= 0.3 is 0 Å². The van der Waals surface area contributed by atoms with E-state index in [2.05, 4.69) is 37.6 Å². The molecule has 0 aliphatic carbocycles. The molecule has 3 rings (SSSR count). The molecule has 1 aliphatic heterocycles. The number of hydrogen-bond donors (Lipinski definition) is 1. The predicted octanol–water partition coefficient (Wildman–Crippen LogP) is 2.21. The molecule has 25 heavy (non-hydrogen) atoms. The number of nitrogens with one attached hydrogen (secondary N) is 1. The van der Waals surface area contributed by atoms with E-state index in [0.29, 0.717) is 13.2 Å². The summed E-state index contributed by atoms with van der Waals surface area (Å²) in [5.74, 6) is 0.887. The Morgan fingerprint density at radius 3 is 3.00 bits per heavy atom. The summed E-state index contributed by atoms with van der Waals surface area (Å²) in [6.45, 7) is 5.09. The molecule has 0 amide bonds. The smallest absolute Gasteiger partial charge is 0.194 e. The zero-order valence-electron chi connectivity index (χ0n) is 14.8. The van der Waals surface area contributed by atoms with E-state index < -0.39 is 0 Å². The number of rotatable bonds is 4. The second-order valence-electron chi connectivity index (χ2n) is 5.74. The maximum atomic E-state index is 5.89. The molecule has 1 aliphatic rings. The lowest BCUT2D eigenvalue weighted by atomic mass is 10.1. The van der Waals surface area contributed by atoms with Gasteiger partial charge in [-0.1, -0.05) is 6.92 Å². The van der Waals surface area contributed by atoms with Crippen molar-refractivity contribution in [1.29, 1.82) is 0 Å². The number of morpholine rings is 1. The quantitative estimate of drug-likeness (QED) is 0.417. The fraction of sp³-hybridized carbons (Fsp3) is 0.562. The van der Waals surface area contributed by atoms with Crippen LogP contribution in [-0.4, -0.2) is 52.4 Å². The van der Waals surface area contributed by atoms with Crippen LogP contribution in [-0.2, 0) is 24.8 Å². The van der Waals surface area contributed by atoms with E-state index in [1.807, 2.05) is 26.5 Å². The lowest BCUT2D eigenvalue weighted by molar-refractivity contribution is -0.00805. The second kappa shape index (κ2) is 9.48. The first kappa shape index (κ1) is 20.1. The van der Waals surface area contributed by atoms with Crippen LogP contribution in [0.2, 0.25) is 0 Å². The minimum absolute atomic E-state index is 0. The second-order valence-corrected chi connectivity index (χ2v) is 6.68. The van der Waals surface area contributed by atoms with Gasteiger partial charge in [-0.2, -0.15) is 5.10 Å². The molecule has 0 bridgehead atoms. The third kappa shape index (κ3) is 5.14. The van der Waals surface area contributed by atoms with E-state index >= 15 is 0 Å². The summed E-state index contributed by atoms with van der Waals surface area (Å²) >= 11 is 1.71. The molecule has 2 aromatic rings. The van der Waals surface area contributed by atoms with Gasteiger partial charge in [-0.15, -0.1) is 35.3 Å². The highest BCUT2D eigenvalue weighted by Gasteiger charge is 2.25. The van der Waals surface area contributed by atoms with E-state index in [4.69, 9.17) is 4.74 Å². The third-order valence-electron chi connectivity index (χ3n) is 4.00. The Bertz CT molecular complexity index is 700. The van der Waals surface area contributed by atoms with Crippen LogP contribution in [0.1, 0.15) is 29.3 Å². The molecule has 2 aromatic heterocycles. The van der Waals surface area contributed by atoms with E-state index in [1.54, 1.807) is 16.0 Å². The van der Waals surface area contributed by atoms with Crippen molar-refractivity contribution in [2.75, 3.05) is 26.7 Å².